The minimum absolute atomic E-state index is 0.258. The molecule has 2 aromatic heterocycles. The molecule has 4 N–H and O–H groups in total. The Kier molecular flexibility index (Phi) is 3.70. The predicted octanol–water partition coefficient (Wildman–Crippen LogP) is 3.17. The minimum atomic E-state index is 0.258. The quantitative estimate of drug-likeness (QED) is 0.714. The molecule has 0 fully saturated rings. The van der Waals surface area contributed by atoms with E-state index < -0.39 is 0 Å². The smallest absolute Gasteiger partial charge is 0.228 e. The molecule has 1 aliphatic heterocycles. The van der Waals surface area contributed by atoms with Gasteiger partial charge in [0.1, 0.15) is 11.6 Å². The Balaban J connectivity index is 1.80. The normalized spacial score (nSPS) is 14.2. The van der Waals surface area contributed by atoms with Crippen LogP contribution < -0.4 is 21.3 Å². The van der Waals surface area contributed by atoms with Crippen LogP contribution in [0.15, 0.2) is 57.3 Å². The molecule has 0 amide bonds. The van der Waals surface area contributed by atoms with E-state index in [0.717, 1.165) is 0 Å². The van der Waals surface area contributed by atoms with Crippen molar-refractivity contribution in [2.45, 2.75) is 6.54 Å². The molecule has 3 aromatic rings. The molecule has 25 heavy (non-hydrogen) atoms. The van der Waals surface area contributed by atoms with Crippen molar-refractivity contribution in [3.05, 3.63) is 64.0 Å². The number of rotatable bonds is 3. The van der Waals surface area contributed by atoms with Crippen molar-refractivity contribution < 1.29 is 9.05 Å². The highest BCUT2D eigenvalue weighted by atomic mass is 35.5. The van der Waals surface area contributed by atoms with Gasteiger partial charge in [-0.15, -0.1) is 0 Å². The topological polar surface area (TPSA) is 111 Å². The highest BCUT2D eigenvalue weighted by Crippen LogP contribution is 2.41. The van der Waals surface area contributed by atoms with Gasteiger partial charge in [-0.1, -0.05) is 23.2 Å². The second-order valence-corrected chi connectivity index (χ2v) is 6.10. The molecule has 0 aliphatic carbocycles. The number of furan rings is 1. The highest BCUT2D eigenvalue weighted by Gasteiger charge is 2.34. The molecule has 0 spiro atoms. The summed E-state index contributed by atoms with van der Waals surface area (Å²) in [6.45, 7) is 0.329. The summed E-state index contributed by atoms with van der Waals surface area (Å²) in [6.07, 6.45) is 1.58. The number of benzene rings is 1. The lowest BCUT2D eigenvalue weighted by atomic mass is 10.2. The summed E-state index contributed by atoms with van der Waals surface area (Å²) in [5, 5.41) is 8.70. The molecule has 0 unspecified atom stereocenters. The van der Waals surface area contributed by atoms with Gasteiger partial charge < -0.3 is 15.9 Å². The monoisotopic (exact) mass is 378 g/mol. The van der Waals surface area contributed by atoms with Crippen molar-refractivity contribution in [3.63, 3.8) is 0 Å². The third kappa shape index (κ3) is 2.55. The summed E-state index contributed by atoms with van der Waals surface area (Å²) in [6, 6.07) is 8.67. The van der Waals surface area contributed by atoms with E-state index in [9.17, 15) is 0 Å². The molecule has 1 aromatic carbocycles. The first-order chi connectivity index (χ1) is 12.1. The van der Waals surface area contributed by atoms with Gasteiger partial charge in [0, 0.05) is 0 Å². The zero-order valence-electron chi connectivity index (χ0n) is 12.7. The van der Waals surface area contributed by atoms with Gasteiger partial charge in [0.2, 0.25) is 11.6 Å². The lowest BCUT2D eigenvalue weighted by Crippen LogP contribution is -2.40. The lowest BCUT2D eigenvalue weighted by Gasteiger charge is -2.33. The van der Waals surface area contributed by atoms with Crippen LogP contribution in [-0.4, -0.2) is 10.3 Å². The van der Waals surface area contributed by atoms with E-state index in [2.05, 4.69) is 10.3 Å². The van der Waals surface area contributed by atoms with Crippen LogP contribution in [0.3, 0.4) is 0 Å². The average molecular weight is 379 g/mol. The van der Waals surface area contributed by atoms with E-state index in [1.54, 1.807) is 40.3 Å². The van der Waals surface area contributed by atoms with Gasteiger partial charge >= 0.3 is 0 Å². The van der Waals surface area contributed by atoms with Crippen LogP contribution in [0.4, 0.5) is 17.3 Å². The molecule has 8 nitrogen and oxygen atoms in total. The maximum Gasteiger partial charge on any atom is 0.228 e. The molecule has 128 valence electrons. The maximum atomic E-state index is 6.26. The Morgan fingerprint density at radius 2 is 1.80 bits per heavy atom. The summed E-state index contributed by atoms with van der Waals surface area (Å²) in [4.78, 5) is 3.26. The van der Waals surface area contributed by atoms with Crippen LogP contribution in [0.25, 0.3) is 0 Å². The zero-order valence-corrected chi connectivity index (χ0v) is 14.2. The molecule has 3 heterocycles. The largest absolute Gasteiger partial charge is 0.467 e. The third-order valence-corrected chi connectivity index (χ3v) is 4.51. The van der Waals surface area contributed by atoms with Crippen LogP contribution >= 0.6 is 23.2 Å². The van der Waals surface area contributed by atoms with E-state index in [-0.39, 0.29) is 11.6 Å². The SMILES string of the molecule is NC1=C(N)N(c2ccc(Cl)c(Cl)c2)c2nonc2N1Cc1ccco1. The van der Waals surface area contributed by atoms with Gasteiger partial charge in [-0.2, -0.15) is 0 Å². The van der Waals surface area contributed by atoms with Gasteiger partial charge in [-0.05, 0) is 40.6 Å². The summed E-state index contributed by atoms with van der Waals surface area (Å²) < 4.78 is 10.3. The number of hydrogen-bond acceptors (Lipinski definition) is 8. The van der Waals surface area contributed by atoms with Gasteiger partial charge in [-0.25, -0.2) is 4.63 Å². The van der Waals surface area contributed by atoms with Crippen LogP contribution in [0.5, 0.6) is 0 Å². The average Bonchev–Trinajstić information content (AvgIpc) is 3.26. The van der Waals surface area contributed by atoms with Crippen molar-refractivity contribution in [1.82, 2.24) is 10.3 Å². The summed E-state index contributed by atoms with van der Waals surface area (Å²) >= 11 is 12.1. The molecule has 0 radical (unpaired) electrons. The molecule has 0 atom stereocenters. The first kappa shape index (κ1) is 15.7. The van der Waals surface area contributed by atoms with Crippen molar-refractivity contribution in [2.75, 3.05) is 9.80 Å². The predicted molar refractivity (Wildman–Crippen MR) is 93.2 cm³/mol. The van der Waals surface area contributed by atoms with Crippen LogP contribution in [0.1, 0.15) is 5.76 Å². The fourth-order valence-corrected chi connectivity index (χ4v) is 2.87. The molecule has 1 aliphatic rings. The van der Waals surface area contributed by atoms with Crippen molar-refractivity contribution >= 4 is 40.5 Å². The first-order valence-electron chi connectivity index (χ1n) is 7.19. The van der Waals surface area contributed by atoms with Crippen molar-refractivity contribution in [1.29, 1.82) is 0 Å². The molecule has 0 saturated carbocycles. The van der Waals surface area contributed by atoms with E-state index in [1.165, 1.54) is 0 Å². The van der Waals surface area contributed by atoms with Gasteiger partial charge in [0.25, 0.3) is 0 Å². The van der Waals surface area contributed by atoms with Gasteiger partial charge in [-0.3, -0.25) is 9.80 Å². The number of nitrogens with two attached hydrogens (primary N) is 2. The van der Waals surface area contributed by atoms with E-state index >= 15 is 0 Å². The lowest BCUT2D eigenvalue weighted by molar-refractivity contribution is 0.308. The number of hydrogen-bond donors (Lipinski definition) is 2. The maximum absolute atomic E-state index is 6.26. The van der Waals surface area contributed by atoms with Gasteiger partial charge in [0.15, 0.2) is 5.82 Å². The Morgan fingerprint density at radius 3 is 2.52 bits per heavy atom. The minimum Gasteiger partial charge on any atom is -0.467 e. The Labute approximate surface area is 152 Å². The van der Waals surface area contributed by atoms with Gasteiger partial charge in [0.05, 0.1) is 28.5 Å². The van der Waals surface area contributed by atoms with E-state index in [1.807, 2.05) is 6.07 Å². The van der Waals surface area contributed by atoms with Crippen molar-refractivity contribution in [2.24, 2.45) is 11.5 Å². The fraction of sp³-hybridized carbons (Fsp3) is 0.0667. The number of fused-ring (bicyclic) bond motifs is 1. The second-order valence-electron chi connectivity index (χ2n) is 5.28. The Bertz CT molecular complexity index is 953. The van der Waals surface area contributed by atoms with Crippen LogP contribution in [-0.2, 0) is 6.54 Å². The molecule has 4 rings (SSSR count). The summed E-state index contributed by atoms with van der Waals surface area (Å²) in [5.41, 5.74) is 13.1. The fourth-order valence-electron chi connectivity index (χ4n) is 2.58. The van der Waals surface area contributed by atoms with E-state index in [4.69, 9.17) is 43.7 Å². The standard InChI is InChI=1S/C15H12Cl2N6O2/c16-10-4-3-8(6-11(10)17)23-13(19)12(18)22(7-9-2-1-5-24-9)14-15(23)21-25-20-14/h1-6H,7,18-19H2. The number of anilines is 3. The molecular formula is C15H12Cl2N6O2. The summed E-state index contributed by atoms with van der Waals surface area (Å²) in [7, 11) is 0. The molecular weight excluding hydrogens is 367 g/mol. The molecule has 0 bridgehead atoms. The molecule has 10 heteroatoms. The number of halogens is 2. The number of aromatic nitrogens is 2. The highest BCUT2D eigenvalue weighted by molar-refractivity contribution is 6.42. The summed E-state index contributed by atoms with van der Waals surface area (Å²) in [5.74, 6) is 2.03. The number of nitrogens with zero attached hydrogens (tertiary/aromatic N) is 4. The van der Waals surface area contributed by atoms with Crippen LogP contribution in [0.2, 0.25) is 10.0 Å². The Hall–Kier alpha value is -2.84. The van der Waals surface area contributed by atoms with Crippen molar-refractivity contribution in [3.8, 4) is 0 Å². The zero-order chi connectivity index (χ0) is 17.6. The van der Waals surface area contributed by atoms with E-state index in [0.29, 0.717) is 39.7 Å². The first-order valence-corrected chi connectivity index (χ1v) is 7.94. The Morgan fingerprint density at radius 1 is 1.00 bits per heavy atom. The van der Waals surface area contributed by atoms with Crippen LogP contribution in [0, 0.1) is 0 Å². The second kappa shape index (κ2) is 5.91. The third-order valence-electron chi connectivity index (χ3n) is 3.77. The molecule has 0 saturated heterocycles.